The van der Waals surface area contributed by atoms with Gasteiger partial charge < -0.3 is 4.57 Å². The molecule has 0 aliphatic heterocycles. The van der Waals surface area contributed by atoms with Gasteiger partial charge in [-0.3, -0.25) is 0 Å². The van der Waals surface area contributed by atoms with Crippen molar-refractivity contribution >= 4 is 21.8 Å². The van der Waals surface area contributed by atoms with Gasteiger partial charge in [0.05, 0.1) is 33.9 Å². The van der Waals surface area contributed by atoms with E-state index in [1.807, 2.05) is 60.7 Å². The van der Waals surface area contributed by atoms with E-state index in [0.29, 0.717) is 16.7 Å². The fourth-order valence-corrected chi connectivity index (χ4v) is 4.03. The topological polar surface area (TPSA) is 89.2 Å². The van der Waals surface area contributed by atoms with Crippen LogP contribution in [0.1, 0.15) is 16.8 Å². The maximum absolute atomic E-state index is 9.66. The molecule has 5 aromatic rings. The molecule has 0 radical (unpaired) electrons. The third-order valence-corrected chi connectivity index (χ3v) is 5.38. The van der Waals surface area contributed by atoms with Gasteiger partial charge in [-0.1, -0.05) is 36.4 Å². The van der Waals surface area contributed by atoms with Gasteiger partial charge in [-0.2, -0.15) is 15.8 Å². The zero-order chi connectivity index (χ0) is 21.4. The highest BCUT2D eigenvalue weighted by Crippen LogP contribution is 2.37. The Morgan fingerprint density at radius 1 is 0.677 bits per heavy atom. The van der Waals surface area contributed by atoms with E-state index in [9.17, 15) is 15.8 Å². The number of hydrogen-bond acceptors (Lipinski definition) is 4. The summed E-state index contributed by atoms with van der Waals surface area (Å²) in [5, 5.41) is 30.4. The van der Waals surface area contributed by atoms with Crippen molar-refractivity contribution in [2.45, 2.75) is 0 Å². The summed E-state index contributed by atoms with van der Waals surface area (Å²) in [6, 6.07) is 29.6. The van der Waals surface area contributed by atoms with Crippen LogP contribution in [0.15, 0.2) is 79.0 Å². The van der Waals surface area contributed by atoms with E-state index in [-0.39, 0.29) is 5.69 Å². The zero-order valence-corrected chi connectivity index (χ0v) is 16.2. The van der Waals surface area contributed by atoms with Crippen molar-refractivity contribution in [3.63, 3.8) is 0 Å². The third kappa shape index (κ3) is 2.80. The number of hydrogen-bond donors (Lipinski definition) is 0. The Hall–Kier alpha value is -4.92. The van der Waals surface area contributed by atoms with Crippen LogP contribution < -0.4 is 0 Å². The van der Waals surface area contributed by atoms with Crippen LogP contribution in [0, 0.1) is 34.0 Å². The lowest BCUT2D eigenvalue weighted by atomic mass is 9.99. The number of fused-ring (bicyclic) bond motifs is 3. The van der Waals surface area contributed by atoms with E-state index in [0.717, 1.165) is 33.1 Å². The molecule has 5 rings (SSSR count). The standard InChI is InChI=1S/C26H13N5/c27-13-17-9-10-26-23(11-17)21-6-2-4-8-25(21)31(26)24-7-3-1-5-20(24)22-12-19(15-29)30-16-18(22)14-28/h1-12,16H. The number of para-hydroxylation sites is 2. The second-order valence-electron chi connectivity index (χ2n) is 7.05. The van der Waals surface area contributed by atoms with Gasteiger partial charge >= 0.3 is 0 Å². The van der Waals surface area contributed by atoms with Crippen LogP contribution in [0.3, 0.4) is 0 Å². The quantitative estimate of drug-likeness (QED) is 0.397. The Balaban J connectivity index is 1.91. The minimum Gasteiger partial charge on any atom is -0.309 e. The second kappa shape index (κ2) is 7.16. The number of pyridine rings is 1. The molecule has 0 bridgehead atoms. The summed E-state index contributed by atoms with van der Waals surface area (Å²) in [4.78, 5) is 4.04. The van der Waals surface area contributed by atoms with Gasteiger partial charge in [0.25, 0.3) is 0 Å². The Labute approximate surface area is 178 Å². The molecule has 5 nitrogen and oxygen atoms in total. The molecule has 2 heterocycles. The number of aromatic nitrogens is 2. The Morgan fingerprint density at radius 2 is 1.45 bits per heavy atom. The molecule has 0 atom stereocenters. The number of benzene rings is 3. The van der Waals surface area contributed by atoms with Crippen LogP contribution in [0.5, 0.6) is 0 Å². The SMILES string of the molecule is N#Cc1ccc2c(c1)c1ccccc1n2-c1ccccc1-c1cc(C#N)ncc1C#N. The number of nitrogens with zero attached hydrogens (tertiary/aromatic N) is 5. The summed E-state index contributed by atoms with van der Waals surface area (Å²) in [5.41, 5.74) is 5.57. The lowest BCUT2D eigenvalue weighted by Crippen LogP contribution is -1.99. The minimum absolute atomic E-state index is 0.254. The second-order valence-corrected chi connectivity index (χ2v) is 7.05. The highest BCUT2D eigenvalue weighted by atomic mass is 15.0. The van der Waals surface area contributed by atoms with Crippen molar-refractivity contribution < 1.29 is 0 Å². The maximum atomic E-state index is 9.66. The first-order valence-electron chi connectivity index (χ1n) is 9.58. The van der Waals surface area contributed by atoms with Gasteiger partial charge in [0.2, 0.25) is 0 Å². The molecule has 142 valence electrons. The summed E-state index contributed by atoms with van der Waals surface area (Å²) in [5.74, 6) is 0. The minimum atomic E-state index is 0.254. The van der Waals surface area contributed by atoms with E-state index in [1.54, 1.807) is 12.1 Å². The van der Waals surface area contributed by atoms with E-state index in [2.05, 4.69) is 27.8 Å². The summed E-state index contributed by atoms with van der Waals surface area (Å²) >= 11 is 0. The smallest absolute Gasteiger partial charge is 0.141 e. The van der Waals surface area contributed by atoms with Crippen LogP contribution in [-0.4, -0.2) is 9.55 Å². The number of nitriles is 3. The highest BCUT2D eigenvalue weighted by Gasteiger charge is 2.17. The predicted octanol–water partition coefficient (Wildman–Crippen LogP) is 5.46. The van der Waals surface area contributed by atoms with Crippen molar-refractivity contribution in [1.29, 1.82) is 15.8 Å². The molecule has 0 amide bonds. The third-order valence-electron chi connectivity index (χ3n) is 5.38. The molecule has 31 heavy (non-hydrogen) atoms. The molecule has 0 fully saturated rings. The molecular formula is C26H13N5. The van der Waals surface area contributed by atoms with Crippen LogP contribution in [0.2, 0.25) is 0 Å². The normalized spacial score (nSPS) is 10.5. The molecule has 0 N–H and O–H groups in total. The van der Waals surface area contributed by atoms with Crippen molar-refractivity contribution in [2.75, 3.05) is 0 Å². The molecule has 0 unspecified atom stereocenters. The molecule has 5 heteroatoms. The summed E-state index contributed by atoms with van der Waals surface area (Å²) < 4.78 is 2.13. The van der Waals surface area contributed by atoms with Crippen LogP contribution >= 0.6 is 0 Å². The molecule has 0 saturated carbocycles. The van der Waals surface area contributed by atoms with Gasteiger partial charge in [-0.05, 0) is 36.4 Å². The van der Waals surface area contributed by atoms with Gasteiger partial charge in [0.15, 0.2) is 0 Å². The average molecular weight is 395 g/mol. The Bertz CT molecular complexity index is 1620. The van der Waals surface area contributed by atoms with Gasteiger partial charge in [0.1, 0.15) is 17.8 Å². The van der Waals surface area contributed by atoms with E-state index >= 15 is 0 Å². The average Bonchev–Trinajstić information content (AvgIpc) is 3.17. The fraction of sp³-hybridized carbons (Fsp3) is 0. The summed E-state index contributed by atoms with van der Waals surface area (Å²) in [7, 11) is 0. The van der Waals surface area contributed by atoms with Gasteiger partial charge in [-0.25, -0.2) is 4.98 Å². The Kier molecular flexibility index (Phi) is 4.19. The van der Waals surface area contributed by atoms with Crippen LogP contribution in [0.4, 0.5) is 0 Å². The summed E-state index contributed by atoms with van der Waals surface area (Å²) in [6.45, 7) is 0. The fourth-order valence-electron chi connectivity index (χ4n) is 4.03. The molecule has 3 aromatic carbocycles. The van der Waals surface area contributed by atoms with Crippen LogP contribution in [0.25, 0.3) is 38.6 Å². The monoisotopic (exact) mass is 395 g/mol. The van der Waals surface area contributed by atoms with E-state index in [4.69, 9.17) is 0 Å². The first-order valence-corrected chi connectivity index (χ1v) is 9.58. The molecular weight excluding hydrogens is 382 g/mol. The Morgan fingerprint density at radius 3 is 2.26 bits per heavy atom. The van der Waals surface area contributed by atoms with Gasteiger partial charge in [0, 0.05) is 28.1 Å². The lowest BCUT2D eigenvalue weighted by Gasteiger charge is -2.15. The molecule has 0 saturated heterocycles. The zero-order valence-electron chi connectivity index (χ0n) is 16.2. The summed E-state index contributed by atoms with van der Waals surface area (Å²) in [6.07, 6.45) is 1.44. The maximum Gasteiger partial charge on any atom is 0.141 e. The largest absolute Gasteiger partial charge is 0.309 e. The van der Waals surface area contributed by atoms with Gasteiger partial charge in [-0.15, -0.1) is 0 Å². The highest BCUT2D eigenvalue weighted by molar-refractivity contribution is 6.10. The van der Waals surface area contributed by atoms with Crippen molar-refractivity contribution in [3.05, 3.63) is 95.8 Å². The van der Waals surface area contributed by atoms with Crippen LogP contribution in [-0.2, 0) is 0 Å². The molecule has 2 aromatic heterocycles. The first kappa shape index (κ1) is 18.1. The molecule has 0 aliphatic rings. The molecule has 0 aliphatic carbocycles. The lowest BCUT2D eigenvalue weighted by molar-refractivity contribution is 1.18. The predicted molar refractivity (Wildman–Crippen MR) is 118 cm³/mol. The van der Waals surface area contributed by atoms with Crippen molar-refractivity contribution in [3.8, 4) is 35.0 Å². The number of rotatable bonds is 2. The first-order chi connectivity index (χ1) is 15.2. The van der Waals surface area contributed by atoms with Crippen molar-refractivity contribution in [1.82, 2.24) is 9.55 Å². The van der Waals surface area contributed by atoms with E-state index in [1.165, 1.54) is 6.20 Å². The molecule has 0 spiro atoms. The van der Waals surface area contributed by atoms with Crippen molar-refractivity contribution in [2.24, 2.45) is 0 Å². The van der Waals surface area contributed by atoms with E-state index < -0.39 is 0 Å².